The van der Waals surface area contributed by atoms with Gasteiger partial charge in [-0.05, 0) is 35.1 Å². The summed E-state index contributed by atoms with van der Waals surface area (Å²) in [6.45, 7) is 2.17. The number of thioether (sulfide) groups is 1. The van der Waals surface area contributed by atoms with Crippen molar-refractivity contribution >= 4 is 29.7 Å². The maximum absolute atomic E-state index is 12.5. The first-order valence-corrected chi connectivity index (χ1v) is 12.4. The summed E-state index contributed by atoms with van der Waals surface area (Å²) in [7, 11) is 0. The number of hydrogen-bond acceptors (Lipinski definition) is 5. The molecule has 1 aliphatic carbocycles. The highest BCUT2D eigenvalue weighted by molar-refractivity contribution is 7.99. The molecule has 2 N–H and O–H groups in total. The van der Waals surface area contributed by atoms with Gasteiger partial charge in [-0.3, -0.25) is 4.79 Å². The van der Waals surface area contributed by atoms with Gasteiger partial charge in [0.05, 0.1) is 5.88 Å². The summed E-state index contributed by atoms with van der Waals surface area (Å²) < 4.78 is 5.60. The minimum absolute atomic E-state index is 0.00887. The zero-order chi connectivity index (χ0) is 23.4. The summed E-state index contributed by atoms with van der Waals surface area (Å²) in [5.74, 6) is -0.370. The van der Waals surface area contributed by atoms with Crippen LogP contribution < -0.4 is 5.32 Å². The minimum atomic E-state index is -0.975. The van der Waals surface area contributed by atoms with E-state index in [1.165, 1.54) is 27.8 Å². The molecule has 2 aromatic carbocycles. The van der Waals surface area contributed by atoms with E-state index in [-0.39, 0.29) is 30.9 Å². The molecular formula is C25H28N2O5S. The van der Waals surface area contributed by atoms with Crippen molar-refractivity contribution in [2.24, 2.45) is 0 Å². The number of aliphatic carboxylic acids is 1. The Balaban J connectivity index is 1.30. The number of nitrogens with one attached hydrogen (secondary N) is 1. The van der Waals surface area contributed by atoms with Gasteiger partial charge in [0, 0.05) is 24.1 Å². The number of carboxylic acid groups (broad SMARTS) is 1. The van der Waals surface area contributed by atoms with Crippen LogP contribution in [0.3, 0.4) is 0 Å². The number of ether oxygens (including phenoxy) is 1. The lowest BCUT2D eigenvalue weighted by Gasteiger charge is -2.22. The summed E-state index contributed by atoms with van der Waals surface area (Å²) in [6.07, 6.45) is 0.769. The first-order valence-electron chi connectivity index (χ1n) is 11.2. The highest BCUT2D eigenvalue weighted by atomic mass is 32.2. The Bertz CT molecular complexity index is 997. The monoisotopic (exact) mass is 468 g/mol. The fraction of sp³-hybridized carbons (Fsp3) is 0.400. The molecule has 1 unspecified atom stereocenters. The zero-order valence-corrected chi connectivity index (χ0v) is 19.3. The van der Waals surface area contributed by atoms with Gasteiger partial charge in [-0.1, -0.05) is 55.5 Å². The van der Waals surface area contributed by atoms with E-state index in [1.54, 1.807) is 0 Å². The molecule has 0 radical (unpaired) electrons. The quantitative estimate of drug-likeness (QED) is 0.606. The number of rotatable bonds is 8. The highest BCUT2D eigenvalue weighted by Crippen LogP contribution is 2.44. The summed E-state index contributed by atoms with van der Waals surface area (Å²) in [5, 5.41) is 12.1. The van der Waals surface area contributed by atoms with Gasteiger partial charge < -0.3 is 20.1 Å². The van der Waals surface area contributed by atoms with Crippen molar-refractivity contribution in [1.29, 1.82) is 0 Å². The topological polar surface area (TPSA) is 95.9 Å². The Morgan fingerprint density at radius 1 is 1.12 bits per heavy atom. The number of fused-ring (bicyclic) bond motifs is 3. The molecule has 0 bridgehead atoms. The number of nitrogens with zero attached hydrogens (tertiary/aromatic N) is 1. The fourth-order valence-electron chi connectivity index (χ4n) is 4.52. The zero-order valence-electron chi connectivity index (χ0n) is 18.5. The number of alkyl carbamates (subject to hydrolysis) is 1. The lowest BCUT2D eigenvalue weighted by molar-refractivity contribution is -0.147. The van der Waals surface area contributed by atoms with Crippen LogP contribution in [0.15, 0.2) is 48.5 Å². The Morgan fingerprint density at radius 3 is 2.36 bits per heavy atom. The second-order valence-electron chi connectivity index (χ2n) is 8.33. The lowest BCUT2D eigenvalue weighted by atomic mass is 9.98. The first kappa shape index (κ1) is 23.2. The summed E-state index contributed by atoms with van der Waals surface area (Å²) in [4.78, 5) is 37.8. The molecule has 174 valence electrons. The van der Waals surface area contributed by atoms with E-state index < -0.39 is 18.1 Å². The third-order valence-electron chi connectivity index (χ3n) is 6.35. The SMILES string of the molecule is CCC(CCC(=O)N1CSC[C@H]1C(=O)O)NC(=O)OCC1c2ccccc2-c2ccccc21. The van der Waals surface area contributed by atoms with E-state index in [0.29, 0.717) is 24.5 Å². The molecule has 33 heavy (non-hydrogen) atoms. The van der Waals surface area contributed by atoms with E-state index in [9.17, 15) is 19.5 Å². The molecule has 2 atom stereocenters. The van der Waals surface area contributed by atoms with E-state index in [0.717, 1.165) is 11.1 Å². The summed E-state index contributed by atoms with van der Waals surface area (Å²) in [5.41, 5.74) is 4.65. The van der Waals surface area contributed by atoms with E-state index in [4.69, 9.17) is 4.74 Å². The van der Waals surface area contributed by atoms with Gasteiger partial charge in [-0.25, -0.2) is 9.59 Å². The average Bonchev–Trinajstić information content (AvgIpc) is 3.44. The van der Waals surface area contributed by atoms with Crippen LogP contribution in [-0.2, 0) is 14.3 Å². The Hall–Kier alpha value is -3.00. The van der Waals surface area contributed by atoms with Crippen LogP contribution in [0.5, 0.6) is 0 Å². The van der Waals surface area contributed by atoms with Crippen LogP contribution in [0.2, 0.25) is 0 Å². The van der Waals surface area contributed by atoms with Gasteiger partial charge in [0.15, 0.2) is 0 Å². The van der Waals surface area contributed by atoms with Crippen molar-refractivity contribution in [2.45, 2.75) is 44.2 Å². The van der Waals surface area contributed by atoms with Gasteiger partial charge in [0.2, 0.25) is 5.91 Å². The Labute approximate surface area is 197 Å². The fourth-order valence-corrected chi connectivity index (χ4v) is 5.69. The summed E-state index contributed by atoms with van der Waals surface area (Å²) >= 11 is 1.44. The van der Waals surface area contributed by atoms with Gasteiger partial charge in [0.25, 0.3) is 0 Å². The molecule has 1 saturated heterocycles. The largest absolute Gasteiger partial charge is 0.480 e. The van der Waals surface area contributed by atoms with Crippen molar-refractivity contribution in [2.75, 3.05) is 18.2 Å². The van der Waals surface area contributed by atoms with Crippen molar-refractivity contribution in [3.8, 4) is 11.1 Å². The van der Waals surface area contributed by atoms with Gasteiger partial charge in [0.1, 0.15) is 12.6 Å². The predicted molar refractivity (Wildman–Crippen MR) is 127 cm³/mol. The van der Waals surface area contributed by atoms with Crippen LogP contribution in [-0.4, -0.2) is 58.3 Å². The molecule has 0 spiro atoms. The Morgan fingerprint density at radius 2 is 1.76 bits per heavy atom. The predicted octanol–water partition coefficient (Wildman–Crippen LogP) is 4.07. The molecule has 2 aromatic rings. The maximum Gasteiger partial charge on any atom is 0.407 e. The molecule has 0 saturated carbocycles. The van der Waals surface area contributed by atoms with E-state index >= 15 is 0 Å². The maximum atomic E-state index is 12.5. The number of hydrogen-bond donors (Lipinski definition) is 2. The summed E-state index contributed by atoms with van der Waals surface area (Å²) in [6, 6.07) is 15.4. The van der Waals surface area contributed by atoms with Crippen molar-refractivity contribution in [1.82, 2.24) is 10.2 Å². The molecule has 2 amide bonds. The molecule has 4 rings (SSSR count). The number of carbonyl (C=O) groups excluding carboxylic acids is 2. The van der Waals surface area contributed by atoms with Crippen molar-refractivity contribution in [3.63, 3.8) is 0 Å². The number of carboxylic acids is 1. The third kappa shape index (κ3) is 5.00. The van der Waals surface area contributed by atoms with Gasteiger partial charge in [-0.2, -0.15) is 0 Å². The number of carbonyl (C=O) groups is 3. The normalized spacial score (nSPS) is 17.8. The molecule has 1 fully saturated rings. The lowest BCUT2D eigenvalue weighted by Crippen LogP contribution is -2.42. The third-order valence-corrected chi connectivity index (χ3v) is 7.37. The van der Waals surface area contributed by atoms with Gasteiger partial charge in [-0.15, -0.1) is 11.8 Å². The molecule has 2 aliphatic rings. The van der Waals surface area contributed by atoms with E-state index in [2.05, 4.69) is 29.6 Å². The average molecular weight is 469 g/mol. The standard InChI is InChI=1S/C25H28N2O5S/c1-2-16(11-12-23(28)27-15-33-14-22(27)24(29)30)26-25(31)32-13-21-19-9-5-3-7-17(19)18-8-4-6-10-20(18)21/h3-10,16,21-22H,2,11-15H2,1H3,(H,26,31)(H,29,30)/t16?,22-/m0/s1. The van der Waals surface area contributed by atoms with Crippen LogP contribution >= 0.6 is 11.8 Å². The number of amides is 2. The second kappa shape index (κ2) is 10.3. The second-order valence-corrected chi connectivity index (χ2v) is 9.33. The smallest absolute Gasteiger partial charge is 0.407 e. The van der Waals surface area contributed by atoms with Crippen molar-refractivity contribution in [3.05, 3.63) is 59.7 Å². The van der Waals surface area contributed by atoms with Crippen LogP contribution in [0.25, 0.3) is 11.1 Å². The highest BCUT2D eigenvalue weighted by Gasteiger charge is 2.34. The minimum Gasteiger partial charge on any atom is -0.480 e. The molecular weight excluding hydrogens is 440 g/mol. The Kier molecular flexibility index (Phi) is 7.23. The van der Waals surface area contributed by atoms with Crippen molar-refractivity contribution < 1.29 is 24.2 Å². The molecule has 1 heterocycles. The van der Waals surface area contributed by atoms with Crippen LogP contribution in [0, 0.1) is 0 Å². The van der Waals surface area contributed by atoms with E-state index in [1.807, 2.05) is 31.2 Å². The molecule has 1 aliphatic heterocycles. The molecule has 8 heteroatoms. The van der Waals surface area contributed by atoms with Crippen LogP contribution in [0.1, 0.15) is 43.2 Å². The molecule has 0 aromatic heterocycles. The number of benzene rings is 2. The van der Waals surface area contributed by atoms with Crippen LogP contribution in [0.4, 0.5) is 4.79 Å². The molecule has 7 nitrogen and oxygen atoms in total. The first-order chi connectivity index (χ1) is 16.0. The van der Waals surface area contributed by atoms with Gasteiger partial charge >= 0.3 is 12.1 Å².